The van der Waals surface area contributed by atoms with Crippen LogP contribution in [0.5, 0.6) is 0 Å². The molecule has 0 saturated carbocycles. The zero-order valence-electron chi connectivity index (χ0n) is 6.83. The molecular formula is C8H12ClN3. The molecule has 1 aliphatic rings. The summed E-state index contributed by atoms with van der Waals surface area (Å²) < 4.78 is 1.89. The topological polar surface area (TPSA) is 29.9 Å². The van der Waals surface area contributed by atoms with E-state index in [1.54, 1.807) is 6.20 Å². The number of nitrogens with zero attached hydrogens (tertiary/aromatic N) is 2. The van der Waals surface area contributed by atoms with Gasteiger partial charge in [0.15, 0.2) is 0 Å². The van der Waals surface area contributed by atoms with Crippen LogP contribution in [0.15, 0.2) is 12.4 Å². The molecule has 0 unspecified atom stereocenters. The molecule has 1 saturated heterocycles. The van der Waals surface area contributed by atoms with Gasteiger partial charge in [-0.1, -0.05) is 11.6 Å². The second kappa shape index (κ2) is 3.46. The molecule has 0 bridgehead atoms. The van der Waals surface area contributed by atoms with Crippen molar-refractivity contribution < 1.29 is 0 Å². The van der Waals surface area contributed by atoms with Crippen LogP contribution in [0, 0.1) is 0 Å². The first kappa shape index (κ1) is 8.08. The van der Waals surface area contributed by atoms with Crippen LogP contribution >= 0.6 is 11.6 Å². The van der Waals surface area contributed by atoms with Crippen LogP contribution in [-0.4, -0.2) is 22.4 Å². The van der Waals surface area contributed by atoms with Crippen LogP contribution in [0.4, 0.5) is 0 Å². The van der Waals surface area contributed by atoms with E-state index in [4.69, 9.17) is 11.6 Å². The summed E-state index contributed by atoms with van der Waals surface area (Å²) in [5, 5.41) is 8.25. The van der Waals surface area contributed by atoms with Crippen molar-refractivity contribution in [1.82, 2.24) is 15.1 Å². The smallest absolute Gasteiger partial charge is 0.0785 e. The van der Waals surface area contributed by atoms with Crippen LogP contribution in [0.2, 0.25) is 5.02 Å². The van der Waals surface area contributed by atoms with Crippen LogP contribution in [0.25, 0.3) is 0 Å². The summed E-state index contributed by atoms with van der Waals surface area (Å²) in [7, 11) is 0. The molecule has 0 aromatic carbocycles. The first-order chi connectivity index (χ1) is 5.84. The van der Waals surface area contributed by atoms with Crippen LogP contribution < -0.4 is 5.32 Å². The van der Waals surface area contributed by atoms with E-state index in [9.17, 15) is 0 Å². The van der Waals surface area contributed by atoms with Gasteiger partial charge in [-0.25, -0.2) is 0 Å². The van der Waals surface area contributed by atoms with E-state index in [0.717, 1.165) is 13.1 Å². The predicted molar refractivity (Wildman–Crippen MR) is 48.3 cm³/mol. The summed E-state index contributed by atoms with van der Waals surface area (Å²) in [6, 6.07) is 0.584. The highest BCUT2D eigenvalue weighted by Gasteiger charge is 2.14. The third-order valence-corrected chi connectivity index (χ3v) is 2.37. The normalized spacial score (nSPS) is 23.2. The van der Waals surface area contributed by atoms with Crippen molar-refractivity contribution in [2.75, 3.05) is 6.54 Å². The number of rotatable bonds is 2. The van der Waals surface area contributed by atoms with Gasteiger partial charge in [-0.15, -0.1) is 0 Å². The second-order valence-corrected chi connectivity index (χ2v) is 3.61. The highest BCUT2D eigenvalue weighted by molar-refractivity contribution is 6.30. The minimum Gasteiger partial charge on any atom is -0.312 e. The van der Waals surface area contributed by atoms with Crippen molar-refractivity contribution in [3.63, 3.8) is 0 Å². The Morgan fingerprint density at radius 2 is 2.67 bits per heavy atom. The third-order valence-electron chi connectivity index (χ3n) is 2.17. The first-order valence-electron chi connectivity index (χ1n) is 4.26. The molecule has 66 valence electrons. The fraction of sp³-hybridized carbons (Fsp3) is 0.625. The van der Waals surface area contributed by atoms with Gasteiger partial charge < -0.3 is 5.32 Å². The van der Waals surface area contributed by atoms with Crippen LogP contribution in [-0.2, 0) is 6.54 Å². The predicted octanol–water partition coefficient (Wildman–Crippen LogP) is 1.29. The maximum Gasteiger partial charge on any atom is 0.0785 e. The van der Waals surface area contributed by atoms with Crippen molar-refractivity contribution in [2.45, 2.75) is 25.4 Å². The highest BCUT2D eigenvalue weighted by atomic mass is 35.5. The Labute approximate surface area is 76.7 Å². The van der Waals surface area contributed by atoms with Crippen molar-refractivity contribution in [2.24, 2.45) is 0 Å². The lowest BCUT2D eigenvalue weighted by Crippen LogP contribution is -2.26. The van der Waals surface area contributed by atoms with Crippen molar-refractivity contribution >= 4 is 11.6 Å². The monoisotopic (exact) mass is 185 g/mol. The number of hydrogen-bond acceptors (Lipinski definition) is 2. The summed E-state index contributed by atoms with van der Waals surface area (Å²) in [6.45, 7) is 2.08. The van der Waals surface area contributed by atoms with E-state index in [1.165, 1.54) is 12.8 Å². The maximum absolute atomic E-state index is 5.74. The summed E-state index contributed by atoms with van der Waals surface area (Å²) in [5.41, 5.74) is 0. The van der Waals surface area contributed by atoms with E-state index in [-0.39, 0.29) is 0 Å². The molecule has 0 amide bonds. The van der Waals surface area contributed by atoms with E-state index < -0.39 is 0 Å². The fourth-order valence-electron chi connectivity index (χ4n) is 1.58. The average molecular weight is 186 g/mol. The molecule has 3 nitrogen and oxygen atoms in total. The summed E-state index contributed by atoms with van der Waals surface area (Å²) in [6.07, 6.45) is 6.06. The van der Waals surface area contributed by atoms with E-state index in [2.05, 4.69) is 10.4 Å². The van der Waals surface area contributed by atoms with Gasteiger partial charge in [0.1, 0.15) is 0 Å². The lowest BCUT2D eigenvalue weighted by molar-refractivity contribution is 0.476. The van der Waals surface area contributed by atoms with Gasteiger partial charge in [-0.05, 0) is 19.4 Å². The molecule has 1 atom stereocenters. The Morgan fingerprint density at radius 1 is 1.75 bits per heavy atom. The number of nitrogens with one attached hydrogen (secondary N) is 1. The Bertz CT molecular complexity index is 253. The lowest BCUT2D eigenvalue weighted by atomic mass is 10.2. The van der Waals surface area contributed by atoms with E-state index in [1.807, 2.05) is 10.9 Å². The van der Waals surface area contributed by atoms with Gasteiger partial charge in [0.25, 0.3) is 0 Å². The minimum absolute atomic E-state index is 0.584. The first-order valence-corrected chi connectivity index (χ1v) is 4.64. The third kappa shape index (κ3) is 1.79. The highest BCUT2D eigenvalue weighted by Crippen LogP contribution is 2.09. The minimum atomic E-state index is 0.584. The Kier molecular flexibility index (Phi) is 2.33. The second-order valence-electron chi connectivity index (χ2n) is 3.17. The molecule has 4 heteroatoms. The fourth-order valence-corrected chi connectivity index (χ4v) is 1.73. The largest absolute Gasteiger partial charge is 0.312 e. The zero-order valence-corrected chi connectivity index (χ0v) is 7.59. The molecule has 12 heavy (non-hydrogen) atoms. The van der Waals surface area contributed by atoms with Gasteiger partial charge >= 0.3 is 0 Å². The van der Waals surface area contributed by atoms with Crippen molar-refractivity contribution in [3.05, 3.63) is 17.4 Å². The van der Waals surface area contributed by atoms with E-state index >= 15 is 0 Å². The Morgan fingerprint density at radius 3 is 3.25 bits per heavy atom. The summed E-state index contributed by atoms with van der Waals surface area (Å²) in [4.78, 5) is 0. The number of hydrogen-bond donors (Lipinski definition) is 1. The Hall–Kier alpha value is -0.540. The molecule has 0 radical (unpaired) electrons. The zero-order chi connectivity index (χ0) is 8.39. The van der Waals surface area contributed by atoms with Gasteiger partial charge in [0, 0.05) is 12.2 Å². The molecule has 1 aromatic heterocycles. The van der Waals surface area contributed by atoms with Gasteiger partial charge in [-0.3, -0.25) is 4.68 Å². The number of halogens is 1. The molecule has 2 heterocycles. The van der Waals surface area contributed by atoms with Gasteiger partial charge in [-0.2, -0.15) is 5.10 Å². The average Bonchev–Trinajstić information content (AvgIpc) is 2.63. The van der Waals surface area contributed by atoms with E-state index in [0.29, 0.717) is 11.1 Å². The van der Waals surface area contributed by atoms with Crippen LogP contribution in [0.1, 0.15) is 12.8 Å². The number of aromatic nitrogens is 2. The quantitative estimate of drug-likeness (QED) is 0.753. The molecule has 2 rings (SSSR count). The molecule has 1 aliphatic heterocycles. The molecule has 1 fully saturated rings. The van der Waals surface area contributed by atoms with Crippen molar-refractivity contribution in [1.29, 1.82) is 0 Å². The Balaban J connectivity index is 1.94. The molecule has 1 N–H and O–H groups in total. The molecular weight excluding hydrogens is 174 g/mol. The van der Waals surface area contributed by atoms with Crippen LogP contribution in [0.3, 0.4) is 0 Å². The summed E-state index contributed by atoms with van der Waals surface area (Å²) >= 11 is 5.74. The SMILES string of the molecule is Clc1cnn(C[C@@H]2CCCN2)c1. The molecule has 0 spiro atoms. The maximum atomic E-state index is 5.74. The van der Waals surface area contributed by atoms with Crippen molar-refractivity contribution in [3.8, 4) is 0 Å². The standard InChI is InChI=1S/C8H12ClN3/c9-7-4-11-12(5-7)6-8-2-1-3-10-8/h4-5,8,10H,1-3,6H2/t8-/m0/s1. The summed E-state index contributed by atoms with van der Waals surface area (Å²) in [5.74, 6) is 0. The lowest BCUT2D eigenvalue weighted by Gasteiger charge is -2.08. The molecule has 1 aromatic rings. The molecule has 0 aliphatic carbocycles. The van der Waals surface area contributed by atoms with Gasteiger partial charge in [0.05, 0.1) is 17.8 Å². The van der Waals surface area contributed by atoms with Gasteiger partial charge in [0.2, 0.25) is 0 Å².